The van der Waals surface area contributed by atoms with Gasteiger partial charge in [0.2, 0.25) is 10.0 Å². The van der Waals surface area contributed by atoms with E-state index < -0.39 is 21.6 Å². The molecule has 10 heteroatoms. The van der Waals surface area contributed by atoms with E-state index in [1.807, 2.05) is 0 Å². The third kappa shape index (κ3) is 3.98. The lowest BCUT2D eigenvalue weighted by Crippen LogP contribution is -2.55. The molecule has 2 fully saturated rings. The van der Waals surface area contributed by atoms with Crippen LogP contribution in [0.5, 0.6) is 5.75 Å². The van der Waals surface area contributed by atoms with Gasteiger partial charge in [0.05, 0.1) is 24.2 Å². The van der Waals surface area contributed by atoms with E-state index in [-0.39, 0.29) is 29.5 Å². The van der Waals surface area contributed by atoms with Gasteiger partial charge >= 0.3 is 0 Å². The fourth-order valence-corrected chi connectivity index (χ4v) is 6.29. The normalized spacial score (nSPS) is 18.8. The van der Waals surface area contributed by atoms with Crippen molar-refractivity contribution in [3.8, 4) is 5.75 Å². The molecule has 0 atom stereocenters. The number of nitrogens with zero attached hydrogens (tertiary/aromatic N) is 2. The molecule has 0 unspecified atom stereocenters. The maximum Gasteiger partial charge on any atom is 0.257 e. The minimum absolute atomic E-state index is 0.0310. The highest BCUT2D eigenvalue weighted by Gasteiger charge is 2.51. The van der Waals surface area contributed by atoms with Crippen molar-refractivity contribution in [2.45, 2.75) is 30.4 Å². The van der Waals surface area contributed by atoms with Crippen LogP contribution in [0.3, 0.4) is 0 Å². The van der Waals surface area contributed by atoms with Crippen molar-refractivity contribution < 1.29 is 27.1 Å². The first kappa shape index (κ1) is 23.0. The quantitative estimate of drug-likeness (QED) is 0.667. The summed E-state index contributed by atoms with van der Waals surface area (Å²) in [5.41, 5.74) is -0.415. The van der Waals surface area contributed by atoms with Crippen LogP contribution in [-0.2, 0) is 14.8 Å². The predicted octanol–water partition coefficient (Wildman–Crippen LogP) is 3.45. The molecule has 7 nitrogen and oxygen atoms in total. The molecule has 0 aromatic heterocycles. The van der Waals surface area contributed by atoms with Gasteiger partial charge in [-0.05, 0) is 48.9 Å². The molecule has 2 aromatic carbocycles. The van der Waals surface area contributed by atoms with Crippen molar-refractivity contribution >= 4 is 27.5 Å². The number of carbonyl (C=O) groups excluding carboxylic acids is 1. The van der Waals surface area contributed by atoms with Crippen molar-refractivity contribution in [3.05, 3.63) is 58.4 Å². The van der Waals surface area contributed by atoms with Gasteiger partial charge in [0, 0.05) is 37.5 Å². The van der Waals surface area contributed by atoms with Crippen molar-refractivity contribution in [3.63, 3.8) is 0 Å². The zero-order valence-electron chi connectivity index (χ0n) is 17.8. The molecule has 0 bridgehead atoms. The molecular weight excluding hydrogens is 459 g/mol. The predicted molar refractivity (Wildman–Crippen MR) is 117 cm³/mol. The maximum atomic E-state index is 13.7. The van der Waals surface area contributed by atoms with Crippen LogP contribution < -0.4 is 4.74 Å². The molecule has 2 heterocycles. The molecule has 2 aliphatic rings. The van der Waals surface area contributed by atoms with Gasteiger partial charge in [-0.2, -0.15) is 4.31 Å². The number of methoxy groups -OCH3 is 1. The molecule has 2 aromatic rings. The molecule has 2 aliphatic heterocycles. The number of benzene rings is 2. The molecule has 1 amide bonds. The number of likely N-dealkylation sites (tertiary alicyclic amines) is 1. The zero-order chi connectivity index (χ0) is 23.1. The number of halogens is 2. The van der Waals surface area contributed by atoms with Gasteiger partial charge in [0.1, 0.15) is 17.3 Å². The van der Waals surface area contributed by atoms with Crippen LogP contribution in [0.1, 0.15) is 28.8 Å². The summed E-state index contributed by atoms with van der Waals surface area (Å²) in [5, 5.41) is 0.425. The molecule has 0 radical (unpaired) electrons. The van der Waals surface area contributed by atoms with E-state index in [9.17, 15) is 17.6 Å². The Morgan fingerprint density at radius 1 is 1.16 bits per heavy atom. The Kier molecular flexibility index (Phi) is 6.19. The van der Waals surface area contributed by atoms with Gasteiger partial charge < -0.3 is 14.4 Å². The third-order valence-electron chi connectivity index (χ3n) is 6.06. The molecule has 172 valence electrons. The number of rotatable bonds is 4. The standard InChI is InChI=1S/C22H24ClFN2O5S/c1-15-13-17(4-5-19(15)24)32(28,29)26-11-12-31-22(26)7-9-25(10-8-22)21(27)18-14-16(23)3-6-20(18)30-2/h3-6,13-14H,7-12H2,1-2H3. The summed E-state index contributed by atoms with van der Waals surface area (Å²) in [6.45, 7) is 2.61. The Morgan fingerprint density at radius 2 is 1.88 bits per heavy atom. The van der Waals surface area contributed by atoms with Crippen molar-refractivity contribution in [1.29, 1.82) is 0 Å². The van der Waals surface area contributed by atoms with E-state index in [2.05, 4.69) is 0 Å². The molecule has 0 saturated carbocycles. The summed E-state index contributed by atoms with van der Waals surface area (Å²) in [7, 11) is -2.41. The lowest BCUT2D eigenvalue weighted by atomic mass is 9.99. The monoisotopic (exact) mass is 482 g/mol. The van der Waals surface area contributed by atoms with E-state index in [1.165, 1.54) is 30.5 Å². The topological polar surface area (TPSA) is 76.2 Å². The number of aryl methyl sites for hydroxylation is 1. The zero-order valence-corrected chi connectivity index (χ0v) is 19.4. The number of piperidine rings is 1. The van der Waals surface area contributed by atoms with Gasteiger partial charge in [0.25, 0.3) is 5.91 Å². The second kappa shape index (κ2) is 8.62. The van der Waals surface area contributed by atoms with E-state index >= 15 is 0 Å². The number of carbonyl (C=O) groups is 1. The van der Waals surface area contributed by atoms with Gasteiger partial charge in [-0.1, -0.05) is 11.6 Å². The fourth-order valence-electron chi connectivity index (χ4n) is 4.31. The minimum atomic E-state index is -3.89. The van der Waals surface area contributed by atoms with E-state index in [1.54, 1.807) is 23.1 Å². The van der Waals surface area contributed by atoms with Gasteiger partial charge in [-0.3, -0.25) is 4.79 Å². The summed E-state index contributed by atoms with van der Waals surface area (Å²) in [4.78, 5) is 14.8. The minimum Gasteiger partial charge on any atom is -0.496 e. The summed E-state index contributed by atoms with van der Waals surface area (Å²) >= 11 is 6.06. The molecule has 1 spiro atoms. The van der Waals surface area contributed by atoms with Crippen LogP contribution in [0.25, 0.3) is 0 Å². The highest BCUT2D eigenvalue weighted by Crippen LogP contribution is 2.39. The largest absolute Gasteiger partial charge is 0.496 e. The fraction of sp³-hybridized carbons (Fsp3) is 0.409. The summed E-state index contributed by atoms with van der Waals surface area (Å²) in [6, 6.07) is 8.61. The molecule has 0 N–H and O–H groups in total. The van der Waals surface area contributed by atoms with Gasteiger partial charge in [-0.25, -0.2) is 12.8 Å². The van der Waals surface area contributed by atoms with Crippen LogP contribution in [0, 0.1) is 12.7 Å². The molecule has 0 aliphatic carbocycles. The van der Waals surface area contributed by atoms with Gasteiger partial charge in [-0.15, -0.1) is 0 Å². The average Bonchev–Trinajstić information content (AvgIpc) is 3.19. The van der Waals surface area contributed by atoms with Crippen LogP contribution in [0.4, 0.5) is 4.39 Å². The van der Waals surface area contributed by atoms with Crippen molar-refractivity contribution in [2.24, 2.45) is 0 Å². The number of hydrogen-bond donors (Lipinski definition) is 0. The van der Waals surface area contributed by atoms with Crippen LogP contribution in [0.15, 0.2) is 41.3 Å². The highest BCUT2D eigenvalue weighted by molar-refractivity contribution is 7.89. The molecule has 32 heavy (non-hydrogen) atoms. The van der Waals surface area contributed by atoms with Crippen LogP contribution >= 0.6 is 11.6 Å². The van der Waals surface area contributed by atoms with Crippen LogP contribution in [0.2, 0.25) is 5.02 Å². The maximum absolute atomic E-state index is 13.7. The first-order chi connectivity index (χ1) is 15.2. The Morgan fingerprint density at radius 3 is 2.53 bits per heavy atom. The Bertz CT molecular complexity index is 1150. The Hall–Kier alpha value is -2.20. The first-order valence-electron chi connectivity index (χ1n) is 10.2. The number of hydrogen-bond acceptors (Lipinski definition) is 5. The highest BCUT2D eigenvalue weighted by atomic mass is 35.5. The number of amides is 1. The third-order valence-corrected chi connectivity index (χ3v) is 8.24. The number of ether oxygens (including phenoxy) is 2. The number of sulfonamides is 1. The van der Waals surface area contributed by atoms with Crippen molar-refractivity contribution in [1.82, 2.24) is 9.21 Å². The first-order valence-corrected chi connectivity index (χ1v) is 12.1. The van der Waals surface area contributed by atoms with Crippen molar-refractivity contribution in [2.75, 3.05) is 33.4 Å². The summed E-state index contributed by atoms with van der Waals surface area (Å²) < 4.78 is 52.9. The van der Waals surface area contributed by atoms with Crippen LogP contribution in [-0.4, -0.2) is 62.6 Å². The molecular formula is C22H24ClFN2O5S. The average molecular weight is 483 g/mol. The lowest BCUT2D eigenvalue weighted by Gasteiger charge is -2.42. The Balaban J connectivity index is 1.55. The second-order valence-electron chi connectivity index (χ2n) is 7.92. The SMILES string of the molecule is COc1ccc(Cl)cc1C(=O)N1CCC2(CC1)OCCN2S(=O)(=O)c1ccc(F)c(C)c1. The smallest absolute Gasteiger partial charge is 0.257 e. The summed E-state index contributed by atoms with van der Waals surface area (Å²) in [6.07, 6.45) is 0.641. The molecule has 2 saturated heterocycles. The molecule has 4 rings (SSSR count). The van der Waals surface area contributed by atoms with E-state index in [0.29, 0.717) is 42.3 Å². The Labute approximate surface area is 191 Å². The lowest BCUT2D eigenvalue weighted by molar-refractivity contribution is -0.0857. The van der Waals surface area contributed by atoms with E-state index in [0.717, 1.165) is 6.07 Å². The summed E-state index contributed by atoms with van der Waals surface area (Å²) in [5.74, 6) is -0.270. The second-order valence-corrected chi connectivity index (χ2v) is 10.2. The van der Waals surface area contributed by atoms with E-state index in [4.69, 9.17) is 21.1 Å². The van der Waals surface area contributed by atoms with Gasteiger partial charge in [0.15, 0.2) is 0 Å².